The van der Waals surface area contributed by atoms with E-state index in [1.54, 1.807) is 19.0 Å². The number of thiazole rings is 1. The molecule has 0 saturated heterocycles. The summed E-state index contributed by atoms with van der Waals surface area (Å²) in [6.07, 6.45) is 0.574. The molecule has 1 N–H and O–H groups in total. The number of nitrogens with zero attached hydrogens (tertiary/aromatic N) is 2. The third-order valence-corrected chi connectivity index (χ3v) is 5.22. The highest BCUT2D eigenvalue weighted by Gasteiger charge is 2.10. The Kier molecular flexibility index (Phi) is 6.21. The number of hydrogen-bond acceptors (Lipinski definition) is 4. The number of amides is 2. The van der Waals surface area contributed by atoms with E-state index in [4.69, 9.17) is 0 Å². The molecule has 0 fully saturated rings. The van der Waals surface area contributed by atoms with Crippen LogP contribution in [0.2, 0.25) is 0 Å². The van der Waals surface area contributed by atoms with E-state index < -0.39 is 0 Å². The second-order valence-electron chi connectivity index (χ2n) is 6.90. The van der Waals surface area contributed by atoms with E-state index in [-0.39, 0.29) is 18.2 Å². The first-order valence-electron chi connectivity index (χ1n) is 9.01. The van der Waals surface area contributed by atoms with Crippen molar-refractivity contribution in [3.63, 3.8) is 0 Å². The molecule has 0 aliphatic carbocycles. The van der Waals surface area contributed by atoms with Gasteiger partial charge in [0.15, 0.2) is 0 Å². The average molecular weight is 394 g/mol. The topological polar surface area (TPSA) is 62.3 Å². The number of carbonyl (C=O) groups excluding carboxylic acids is 2. The summed E-state index contributed by atoms with van der Waals surface area (Å²) in [4.78, 5) is 30.2. The number of nitrogens with one attached hydrogen (secondary N) is 1. The fraction of sp³-hybridized carbons (Fsp3) is 0.227. The minimum Gasteiger partial charge on any atom is -0.349 e. The molecule has 2 amide bonds. The molecule has 0 aliphatic rings. The molecule has 5 nitrogen and oxygen atoms in total. The van der Waals surface area contributed by atoms with Gasteiger partial charge in [-0.25, -0.2) is 4.98 Å². The second kappa shape index (κ2) is 8.80. The first-order chi connectivity index (χ1) is 13.4. The smallest absolute Gasteiger partial charge is 0.230 e. The van der Waals surface area contributed by atoms with Crippen LogP contribution in [0.5, 0.6) is 0 Å². The highest BCUT2D eigenvalue weighted by Crippen LogP contribution is 2.24. The zero-order valence-electron chi connectivity index (χ0n) is 16.2. The van der Waals surface area contributed by atoms with Gasteiger partial charge in [-0.3, -0.25) is 9.59 Å². The molecule has 1 aromatic heterocycles. The van der Waals surface area contributed by atoms with Gasteiger partial charge in [0.25, 0.3) is 0 Å². The maximum atomic E-state index is 12.3. The molecular weight excluding hydrogens is 370 g/mol. The van der Waals surface area contributed by atoms with E-state index in [9.17, 15) is 9.59 Å². The van der Waals surface area contributed by atoms with Gasteiger partial charge in [-0.1, -0.05) is 42.0 Å². The molecule has 2 aromatic carbocycles. The van der Waals surface area contributed by atoms with E-state index >= 15 is 0 Å². The summed E-state index contributed by atoms with van der Waals surface area (Å²) in [6, 6.07) is 15.5. The molecule has 28 heavy (non-hydrogen) atoms. The Morgan fingerprint density at radius 3 is 2.32 bits per heavy atom. The molecule has 0 aliphatic heterocycles. The van der Waals surface area contributed by atoms with Crippen molar-refractivity contribution in [2.24, 2.45) is 0 Å². The SMILES string of the molecule is Cc1ccc(-c2nc(CC(=O)Nc3ccc(CC(=O)N(C)C)cc3)cs2)cc1. The summed E-state index contributed by atoms with van der Waals surface area (Å²) in [7, 11) is 3.47. The highest BCUT2D eigenvalue weighted by atomic mass is 32.1. The van der Waals surface area contributed by atoms with Gasteiger partial charge in [-0.15, -0.1) is 11.3 Å². The Hall–Kier alpha value is -2.99. The predicted octanol–water partition coefficient (Wildman–Crippen LogP) is 3.93. The number of likely N-dealkylation sites (N-methyl/N-ethyl adjacent to an activating group) is 1. The first-order valence-corrected chi connectivity index (χ1v) is 9.89. The van der Waals surface area contributed by atoms with E-state index in [1.807, 2.05) is 48.7 Å². The van der Waals surface area contributed by atoms with Gasteiger partial charge in [-0.05, 0) is 24.6 Å². The lowest BCUT2D eigenvalue weighted by Crippen LogP contribution is -2.23. The largest absolute Gasteiger partial charge is 0.349 e. The number of benzene rings is 2. The summed E-state index contributed by atoms with van der Waals surface area (Å²) in [5, 5.41) is 5.72. The lowest BCUT2D eigenvalue weighted by atomic mass is 10.1. The van der Waals surface area contributed by atoms with Gasteiger partial charge in [0.1, 0.15) is 5.01 Å². The minimum absolute atomic E-state index is 0.0460. The third-order valence-electron chi connectivity index (χ3n) is 4.28. The molecule has 1 heterocycles. The lowest BCUT2D eigenvalue weighted by Gasteiger charge is -2.10. The Morgan fingerprint density at radius 2 is 1.68 bits per heavy atom. The minimum atomic E-state index is -0.113. The molecule has 0 spiro atoms. The van der Waals surface area contributed by atoms with Gasteiger partial charge in [0.05, 0.1) is 18.5 Å². The molecular formula is C22H23N3O2S. The summed E-state index contributed by atoms with van der Waals surface area (Å²) >= 11 is 1.54. The van der Waals surface area contributed by atoms with Crippen molar-refractivity contribution in [1.82, 2.24) is 9.88 Å². The van der Waals surface area contributed by atoms with E-state index in [0.717, 1.165) is 21.8 Å². The van der Waals surface area contributed by atoms with E-state index in [0.29, 0.717) is 12.1 Å². The fourth-order valence-corrected chi connectivity index (χ4v) is 3.45. The molecule has 3 aromatic rings. The number of hydrogen-bond donors (Lipinski definition) is 1. The maximum absolute atomic E-state index is 12.3. The van der Waals surface area contributed by atoms with Crippen molar-refractivity contribution in [3.8, 4) is 10.6 Å². The number of anilines is 1. The quantitative estimate of drug-likeness (QED) is 0.690. The molecule has 0 unspecified atom stereocenters. The molecule has 0 radical (unpaired) electrons. The third kappa shape index (κ3) is 5.27. The fourth-order valence-electron chi connectivity index (χ4n) is 2.63. The van der Waals surface area contributed by atoms with Gasteiger partial charge in [0, 0.05) is 30.7 Å². The van der Waals surface area contributed by atoms with Crippen molar-refractivity contribution >= 4 is 28.8 Å². The molecule has 0 bridgehead atoms. The van der Waals surface area contributed by atoms with E-state index in [1.165, 1.54) is 16.9 Å². The Labute approximate surface area is 169 Å². The van der Waals surface area contributed by atoms with Gasteiger partial charge in [-0.2, -0.15) is 0 Å². The van der Waals surface area contributed by atoms with Crippen LogP contribution in [0.15, 0.2) is 53.9 Å². The van der Waals surface area contributed by atoms with Crippen LogP contribution in [0.25, 0.3) is 10.6 Å². The summed E-state index contributed by atoms with van der Waals surface area (Å²) in [6.45, 7) is 2.05. The Bertz CT molecular complexity index is 960. The number of rotatable bonds is 6. The predicted molar refractivity (Wildman–Crippen MR) is 113 cm³/mol. The van der Waals surface area contributed by atoms with Crippen molar-refractivity contribution in [1.29, 1.82) is 0 Å². The van der Waals surface area contributed by atoms with Crippen LogP contribution in [0, 0.1) is 6.92 Å². The van der Waals surface area contributed by atoms with Crippen molar-refractivity contribution in [3.05, 3.63) is 70.7 Å². The molecule has 0 atom stereocenters. The van der Waals surface area contributed by atoms with E-state index in [2.05, 4.69) is 22.4 Å². The standard InChI is InChI=1S/C22H23N3O2S/c1-15-4-8-17(9-5-15)22-24-19(14-28-22)13-20(26)23-18-10-6-16(7-11-18)12-21(27)25(2)3/h4-11,14H,12-13H2,1-3H3,(H,23,26). The zero-order valence-corrected chi connectivity index (χ0v) is 17.0. The van der Waals surface area contributed by atoms with Crippen LogP contribution >= 0.6 is 11.3 Å². The number of carbonyl (C=O) groups is 2. The average Bonchev–Trinajstić information content (AvgIpc) is 3.12. The van der Waals surface area contributed by atoms with Gasteiger partial charge < -0.3 is 10.2 Å². The summed E-state index contributed by atoms with van der Waals surface area (Å²) in [5.41, 5.74) is 4.65. The highest BCUT2D eigenvalue weighted by molar-refractivity contribution is 7.13. The lowest BCUT2D eigenvalue weighted by molar-refractivity contribution is -0.128. The van der Waals surface area contributed by atoms with Crippen LogP contribution in [0.3, 0.4) is 0 Å². The van der Waals surface area contributed by atoms with Crippen LogP contribution in [-0.4, -0.2) is 35.8 Å². The van der Waals surface area contributed by atoms with Crippen molar-refractivity contribution in [2.45, 2.75) is 19.8 Å². The molecule has 144 valence electrons. The summed E-state index contributed by atoms with van der Waals surface area (Å²) in [5.74, 6) is -0.0671. The Balaban J connectivity index is 1.57. The molecule has 6 heteroatoms. The Morgan fingerprint density at radius 1 is 1.00 bits per heavy atom. The van der Waals surface area contributed by atoms with Crippen LogP contribution in [0.4, 0.5) is 5.69 Å². The van der Waals surface area contributed by atoms with Crippen molar-refractivity contribution < 1.29 is 9.59 Å². The van der Waals surface area contributed by atoms with Crippen molar-refractivity contribution in [2.75, 3.05) is 19.4 Å². The van der Waals surface area contributed by atoms with Crippen LogP contribution in [0.1, 0.15) is 16.8 Å². The van der Waals surface area contributed by atoms with Gasteiger partial charge >= 0.3 is 0 Å². The number of aryl methyl sites for hydroxylation is 1. The normalized spacial score (nSPS) is 10.5. The van der Waals surface area contributed by atoms with Gasteiger partial charge in [0.2, 0.25) is 11.8 Å². The first kappa shape index (κ1) is 19.8. The monoisotopic (exact) mass is 393 g/mol. The maximum Gasteiger partial charge on any atom is 0.230 e. The second-order valence-corrected chi connectivity index (χ2v) is 7.75. The van der Waals surface area contributed by atoms with Crippen LogP contribution < -0.4 is 5.32 Å². The molecule has 3 rings (SSSR count). The molecule has 0 saturated carbocycles. The number of aromatic nitrogens is 1. The summed E-state index contributed by atoms with van der Waals surface area (Å²) < 4.78 is 0. The zero-order chi connectivity index (χ0) is 20.1. The van der Waals surface area contributed by atoms with Crippen LogP contribution in [-0.2, 0) is 22.4 Å².